The zero-order chi connectivity index (χ0) is 13.5. The van der Waals surface area contributed by atoms with Gasteiger partial charge in [0, 0.05) is 25.6 Å². The van der Waals surface area contributed by atoms with Gasteiger partial charge in [-0.15, -0.1) is 0 Å². The lowest BCUT2D eigenvalue weighted by Gasteiger charge is -2.31. The van der Waals surface area contributed by atoms with Crippen LogP contribution >= 0.6 is 11.6 Å². The van der Waals surface area contributed by atoms with E-state index in [1.54, 1.807) is 16.8 Å². The number of anilines is 1. The van der Waals surface area contributed by atoms with E-state index in [0.29, 0.717) is 23.1 Å². The largest absolute Gasteiger partial charge is 0.357 e. The van der Waals surface area contributed by atoms with Crippen molar-refractivity contribution in [2.45, 2.75) is 32.6 Å². The zero-order valence-electron chi connectivity index (χ0n) is 11.2. The summed E-state index contributed by atoms with van der Waals surface area (Å²) in [6.45, 7) is 7.36. The number of nitrogens with zero attached hydrogens (tertiary/aromatic N) is 3. The standard InChI is InChI=1S/C12H18ClN3O2/c1-12(2,3)9-8(13)10(14-18-9)16-7-5-6-15(4)11(16)17/h5-7H2,1-4H3. The van der Waals surface area contributed by atoms with Crippen LogP contribution < -0.4 is 4.90 Å². The van der Waals surface area contributed by atoms with Gasteiger partial charge in [-0.2, -0.15) is 0 Å². The Hall–Kier alpha value is -1.23. The molecular weight excluding hydrogens is 254 g/mol. The minimum absolute atomic E-state index is 0.0862. The highest BCUT2D eigenvalue weighted by atomic mass is 35.5. The maximum atomic E-state index is 12.0. The van der Waals surface area contributed by atoms with Gasteiger partial charge >= 0.3 is 6.03 Å². The number of amides is 2. The summed E-state index contributed by atoms with van der Waals surface area (Å²) in [5, 5.41) is 4.40. The Bertz CT molecular complexity index is 464. The number of carbonyl (C=O) groups excluding carboxylic acids is 1. The Morgan fingerprint density at radius 2 is 2.00 bits per heavy atom. The Morgan fingerprint density at radius 1 is 1.33 bits per heavy atom. The molecule has 0 saturated carbocycles. The number of hydrogen-bond acceptors (Lipinski definition) is 3. The topological polar surface area (TPSA) is 49.6 Å². The van der Waals surface area contributed by atoms with E-state index in [1.807, 2.05) is 20.8 Å². The van der Waals surface area contributed by atoms with Gasteiger partial charge in [-0.25, -0.2) is 4.79 Å². The first kappa shape index (κ1) is 13.2. The molecule has 1 aromatic rings. The van der Waals surface area contributed by atoms with E-state index < -0.39 is 0 Å². The molecule has 5 nitrogen and oxygen atoms in total. The summed E-state index contributed by atoms with van der Waals surface area (Å²) in [4.78, 5) is 15.3. The number of carbonyl (C=O) groups is 1. The van der Waals surface area contributed by atoms with Crippen molar-refractivity contribution in [3.8, 4) is 0 Å². The molecule has 2 amide bonds. The van der Waals surface area contributed by atoms with Crippen LogP contribution in [-0.2, 0) is 5.41 Å². The van der Waals surface area contributed by atoms with Gasteiger partial charge in [0.15, 0.2) is 11.6 Å². The molecule has 100 valence electrons. The lowest BCUT2D eigenvalue weighted by molar-refractivity contribution is 0.206. The van der Waals surface area contributed by atoms with Crippen LogP contribution in [0.3, 0.4) is 0 Å². The molecule has 0 spiro atoms. The van der Waals surface area contributed by atoms with Gasteiger partial charge in [-0.05, 0) is 6.42 Å². The molecule has 0 radical (unpaired) electrons. The van der Waals surface area contributed by atoms with Gasteiger partial charge in [-0.3, -0.25) is 4.90 Å². The predicted octanol–water partition coefficient (Wildman–Crippen LogP) is 2.89. The number of urea groups is 1. The predicted molar refractivity (Wildman–Crippen MR) is 70.2 cm³/mol. The fourth-order valence-electron chi connectivity index (χ4n) is 1.96. The molecule has 0 atom stereocenters. The second kappa shape index (κ2) is 4.46. The normalized spacial score (nSPS) is 17.5. The highest BCUT2D eigenvalue weighted by Crippen LogP contribution is 2.36. The third-order valence-electron chi connectivity index (χ3n) is 2.99. The van der Waals surface area contributed by atoms with E-state index in [9.17, 15) is 4.79 Å². The lowest BCUT2D eigenvalue weighted by atomic mass is 9.93. The van der Waals surface area contributed by atoms with Crippen molar-refractivity contribution >= 4 is 23.4 Å². The lowest BCUT2D eigenvalue weighted by Crippen LogP contribution is -2.47. The van der Waals surface area contributed by atoms with E-state index in [0.717, 1.165) is 13.0 Å². The molecule has 1 fully saturated rings. The zero-order valence-corrected chi connectivity index (χ0v) is 11.9. The minimum Gasteiger partial charge on any atom is -0.357 e. The quantitative estimate of drug-likeness (QED) is 0.789. The summed E-state index contributed by atoms with van der Waals surface area (Å²) < 4.78 is 5.30. The molecule has 2 heterocycles. The number of rotatable bonds is 1. The molecule has 0 aliphatic carbocycles. The highest BCUT2D eigenvalue weighted by Gasteiger charge is 2.32. The molecule has 1 aromatic heterocycles. The third kappa shape index (κ3) is 2.19. The van der Waals surface area contributed by atoms with Crippen molar-refractivity contribution in [2.24, 2.45) is 0 Å². The number of aromatic nitrogens is 1. The summed E-state index contributed by atoms with van der Waals surface area (Å²) in [5.74, 6) is 1.04. The summed E-state index contributed by atoms with van der Waals surface area (Å²) in [7, 11) is 1.77. The fraction of sp³-hybridized carbons (Fsp3) is 0.667. The van der Waals surface area contributed by atoms with Crippen LogP contribution in [-0.4, -0.2) is 36.2 Å². The molecule has 1 aliphatic heterocycles. The first-order valence-corrected chi connectivity index (χ1v) is 6.38. The van der Waals surface area contributed by atoms with Crippen molar-refractivity contribution in [3.05, 3.63) is 10.8 Å². The molecule has 1 aliphatic rings. The monoisotopic (exact) mass is 271 g/mol. The van der Waals surface area contributed by atoms with Gasteiger partial charge in [0.2, 0.25) is 0 Å². The van der Waals surface area contributed by atoms with E-state index in [2.05, 4.69) is 5.16 Å². The van der Waals surface area contributed by atoms with Crippen molar-refractivity contribution in [2.75, 3.05) is 25.0 Å². The second-order valence-electron chi connectivity index (χ2n) is 5.61. The van der Waals surface area contributed by atoms with Gasteiger partial charge < -0.3 is 9.42 Å². The van der Waals surface area contributed by atoms with E-state index >= 15 is 0 Å². The van der Waals surface area contributed by atoms with Crippen molar-refractivity contribution in [1.82, 2.24) is 10.1 Å². The van der Waals surface area contributed by atoms with Crippen LogP contribution in [0.2, 0.25) is 5.02 Å². The number of halogens is 1. The maximum Gasteiger partial charge on any atom is 0.325 e. The molecule has 18 heavy (non-hydrogen) atoms. The Morgan fingerprint density at radius 3 is 2.56 bits per heavy atom. The van der Waals surface area contributed by atoms with Gasteiger partial charge in [-0.1, -0.05) is 37.5 Å². The first-order chi connectivity index (χ1) is 8.32. The van der Waals surface area contributed by atoms with E-state index in [-0.39, 0.29) is 11.4 Å². The van der Waals surface area contributed by atoms with Gasteiger partial charge in [0.1, 0.15) is 5.02 Å². The molecular formula is C12H18ClN3O2. The van der Waals surface area contributed by atoms with Crippen LogP contribution in [0.25, 0.3) is 0 Å². The first-order valence-electron chi connectivity index (χ1n) is 6.00. The van der Waals surface area contributed by atoms with Gasteiger partial charge in [0.05, 0.1) is 0 Å². The van der Waals surface area contributed by atoms with Crippen LogP contribution in [0.1, 0.15) is 33.0 Å². The maximum absolute atomic E-state index is 12.0. The summed E-state index contributed by atoms with van der Waals surface area (Å²) in [5.41, 5.74) is -0.229. The van der Waals surface area contributed by atoms with Crippen LogP contribution in [0, 0.1) is 0 Å². The molecule has 2 rings (SSSR count). The van der Waals surface area contributed by atoms with Gasteiger partial charge in [0.25, 0.3) is 0 Å². The Balaban J connectivity index is 2.35. The van der Waals surface area contributed by atoms with E-state index in [1.165, 1.54) is 0 Å². The molecule has 6 heteroatoms. The number of hydrogen-bond donors (Lipinski definition) is 0. The smallest absolute Gasteiger partial charge is 0.325 e. The molecule has 1 saturated heterocycles. The van der Waals surface area contributed by atoms with Crippen LogP contribution in [0.5, 0.6) is 0 Å². The van der Waals surface area contributed by atoms with Crippen LogP contribution in [0.4, 0.5) is 10.6 Å². The van der Waals surface area contributed by atoms with Crippen LogP contribution in [0.15, 0.2) is 4.52 Å². The second-order valence-corrected chi connectivity index (χ2v) is 5.99. The van der Waals surface area contributed by atoms with E-state index in [4.69, 9.17) is 16.1 Å². The molecule has 0 N–H and O–H groups in total. The summed E-state index contributed by atoms with van der Waals surface area (Å²) >= 11 is 6.29. The SMILES string of the molecule is CN1CCCN(c2noc(C(C)(C)C)c2Cl)C1=O. The summed E-state index contributed by atoms with van der Waals surface area (Å²) in [6.07, 6.45) is 0.899. The molecule has 0 bridgehead atoms. The third-order valence-corrected chi connectivity index (χ3v) is 3.33. The molecule has 0 aromatic carbocycles. The Labute approximate surface area is 112 Å². The Kier molecular flexibility index (Phi) is 3.27. The van der Waals surface area contributed by atoms with Crippen molar-refractivity contribution < 1.29 is 9.32 Å². The summed E-state index contributed by atoms with van der Waals surface area (Å²) in [6, 6.07) is -0.0862. The fourth-order valence-corrected chi connectivity index (χ4v) is 2.42. The average Bonchev–Trinajstić information content (AvgIpc) is 2.64. The molecule has 0 unspecified atom stereocenters. The van der Waals surface area contributed by atoms with Crippen molar-refractivity contribution in [3.63, 3.8) is 0 Å². The van der Waals surface area contributed by atoms with Crippen molar-refractivity contribution in [1.29, 1.82) is 0 Å². The highest BCUT2D eigenvalue weighted by molar-refractivity contribution is 6.34. The minimum atomic E-state index is -0.229. The average molecular weight is 272 g/mol.